The fourth-order valence-corrected chi connectivity index (χ4v) is 1.78. The van der Waals surface area contributed by atoms with E-state index in [0.29, 0.717) is 6.04 Å². The summed E-state index contributed by atoms with van der Waals surface area (Å²) < 4.78 is 5.83. The summed E-state index contributed by atoms with van der Waals surface area (Å²) in [6.45, 7) is 11.5. The SMILES string of the molecule is CCNC(C)c1cc(C)ccc1OC(C)C. The first-order valence-corrected chi connectivity index (χ1v) is 6.05. The van der Waals surface area contributed by atoms with Crippen molar-refractivity contribution in [3.8, 4) is 5.75 Å². The van der Waals surface area contributed by atoms with Crippen molar-refractivity contribution in [2.75, 3.05) is 6.54 Å². The predicted octanol–water partition coefficient (Wildman–Crippen LogP) is 3.45. The maximum absolute atomic E-state index is 5.83. The molecule has 0 aliphatic carbocycles. The van der Waals surface area contributed by atoms with Crippen LogP contribution in [0.3, 0.4) is 0 Å². The molecular weight excluding hydrogens is 198 g/mol. The van der Waals surface area contributed by atoms with Crippen LogP contribution < -0.4 is 10.1 Å². The van der Waals surface area contributed by atoms with Gasteiger partial charge in [-0.25, -0.2) is 0 Å². The Hall–Kier alpha value is -1.02. The van der Waals surface area contributed by atoms with Crippen LogP contribution >= 0.6 is 0 Å². The number of nitrogens with one attached hydrogen (secondary N) is 1. The van der Waals surface area contributed by atoms with Gasteiger partial charge in [-0.1, -0.05) is 24.6 Å². The highest BCUT2D eigenvalue weighted by molar-refractivity contribution is 5.39. The Morgan fingerprint density at radius 1 is 1.25 bits per heavy atom. The van der Waals surface area contributed by atoms with Crippen molar-refractivity contribution in [1.29, 1.82) is 0 Å². The summed E-state index contributed by atoms with van der Waals surface area (Å²) in [4.78, 5) is 0. The molecule has 1 unspecified atom stereocenters. The van der Waals surface area contributed by atoms with Crippen LogP contribution in [0.1, 0.15) is 44.9 Å². The van der Waals surface area contributed by atoms with Crippen LogP contribution in [0, 0.1) is 6.92 Å². The van der Waals surface area contributed by atoms with Gasteiger partial charge in [0, 0.05) is 11.6 Å². The zero-order valence-corrected chi connectivity index (χ0v) is 11.0. The Morgan fingerprint density at radius 2 is 1.94 bits per heavy atom. The largest absolute Gasteiger partial charge is 0.491 e. The molecule has 0 aliphatic heterocycles. The first-order chi connectivity index (χ1) is 7.54. The minimum atomic E-state index is 0.218. The van der Waals surface area contributed by atoms with Gasteiger partial charge in [-0.15, -0.1) is 0 Å². The molecule has 0 spiro atoms. The molecule has 2 nitrogen and oxygen atoms in total. The summed E-state index contributed by atoms with van der Waals surface area (Å²) in [5.74, 6) is 0.994. The molecule has 1 N–H and O–H groups in total. The van der Waals surface area contributed by atoms with Gasteiger partial charge in [-0.3, -0.25) is 0 Å². The molecule has 0 bridgehead atoms. The average Bonchev–Trinajstić information content (AvgIpc) is 2.20. The molecule has 0 saturated carbocycles. The van der Waals surface area contributed by atoms with E-state index >= 15 is 0 Å². The van der Waals surface area contributed by atoms with Crippen molar-refractivity contribution < 1.29 is 4.74 Å². The third-order valence-electron chi connectivity index (χ3n) is 2.50. The summed E-state index contributed by atoms with van der Waals surface area (Å²) in [6.07, 6.45) is 0.218. The number of hydrogen-bond donors (Lipinski definition) is 1. The molecule has 90 valence electrons. The molecule has 0 saturated heterocycles. The number of rotatable bonds is 5. The standard InChI is InChI=1S/C14H23NO/c1-6-15-12(5)13-9-11(4)7-8-14(13)16-10(2)3/h7-10,12,15H,6H2,1-5H3. The van der Waals surface area contributed by atoms with Gasteiger partial charge in [0.25, 0.3) is 0 Å². The number of hydrogen-bond acceptors (Lipinski definition) is 2. The molecule has 0 heterocycles. The summed E-state index contributed by atoms with van der Waals surface area (Å²) in [6, 6.07) is 6.70. The van der Waals surface area contributed by atoms with Crippen LogP contribution in [-0.4, -0.2) is 12.6 Å². The molecule has 0 amide bonds. The van der Waals surface area contributed by atoms with Gasteiger partial charge in [0.15, 0.2) is 0 Å². The first kappa shape index (κ1) is 13.0. The van der Waals surface area contributed by atoms with Crippen LogP contribution in [0.2, 0.25) is 0 Å². The lowest BCUT2D eigenvalue weighted by molar-refractivity contribution is 0.238. The Morgan fingerprint density at radius 3 is 2.50 bits per heavy atom. The van der Waals surface area contributed by atoms with Gasteiger partial charge in [0.05, 0.1) is 6.10 Å². The van der Waals surface area contributed by atoms with Crippen LogP contribution in [0.5, 0.6) is 5.75 Å². The molecule has 16 heavy (non-hydrogen) atoms. The Kier molecular flexibility index (Phi) is 4.81. The maximum Gasteiger partial charge on any atom is 0.124 e. The normalized spacial score (nSPS) is 12.9. The van der Waals surface area contributed by atoms with E-state index < -0.39 is 0 Å². The molecule has 0 radical (unpaired) electrons. The second kappa shape index (κ2) is 5.90. The topological polar surface area (TPSA) is 21.3 Å². The molecule has 1 aromatic rings. The zero-order chi connectivity index (χ0) is 12.1. The van der Waals surface area contributed by atoms with Gasteiger partial charge in [0.1, 0.15) is 5.75 Å². The lowest BCUT2D eigenvalue weighted by atomic mass is 10.0. The quantitative estimate of drug-likeness (QED) is 0.822. The molecular formula is C14H23NO. The number of aryl methyl sites for hydroxylation is 1. The zero-order valence-electron chi connectivity index (χ0n) is 11.0. The van der Waals surface area contributed by atoms with E-state index in [1.54, 1.807) is 0 Å². The number of ether oxygens (including phenoxy) is 1. The van der Waals surface area contributed by atoms with Gasteiger partial charge in [0.2, 0.25) is 0 Å². The van der Waals surface area contributed by atoms with Crippen LogP contribution in [0.15, 0.2) is 18.2 Å². The van der Waals surface area contributed by atoms with Gasteiger partial charge < -0.3 is 10.1 Å². The van der Waals surface area contributed by atoms with Crippen LogP contribution in [0.25, 0.3) is 0 Å². The van der Waals surface area contributed by atoms with E-state index in [9.17, 15) is 0 Å². The van der Waals surface area contributed by atoms with E-state index in [1.165, 1.54) is 11.1 Å². The molecule has 2 heteroatoms. The van der Waals surface area contributed by atoms with E-state index in [4.69, 9.17) is 4.74 Å². The third kappa shape index (κ3) is 3.53. The fraction of sp³-hybridized carbons (Fsp3) is 0.571. The number of benzene rings is 1. The summed E-state index contributed by atoms with van der Waals surface area (Å²) in [5, 5.41) is 3.42. The summed E-state index contributed by atoms with van der Waals surface area (Å²) in [5.41, 5.74) is 2.52. The highest BCUT2D eigenvalue weighted by atomic mass is 16.5. The van der Waals surface area contributed by atoms with Crippen LogP contribution in [0.4, 0.5) is 0 Å². The highest BCUT2D eigenvalue weighted by Crippen LogP contribution is 2.27. The van der Waals surface area contributed by atoms with E-state index in [0.717, 1.165) is 12.3 Å². The predicted molar refractivity (Wildman–Crippen MR) is 69.0 cm³/mol. The maximum atomic E-state index is 5.83. The second-order valence-corrected chi connectivity index (χ2v) is 4.49. The van der Waals surface area contributed by atoms with Crippen molar-refractivity contribution in [1.82, 2.24) is 5.32 Å². The van der Waals surface area contributed by atoms with Gasteiger partial charge in [-0.2, -0.15) is 0 Å². The van der Waals surface area contributed by atoms with Gasteiger partial charge >= 0.3 is 0 Å². The molecule has 0 aliphatic rings. The lowest BCUT2D eigenvalue weighted by Crippen LogP contribution is -2.19. The van der Waals surface area contributed by atoms with Crippen molar-refractivity contribution in [3.05, 3.63) is 29.3 Å². The van der Waals surface area contributed by atoms with E-state index in [1.807, 2.05) is 0 Å². The molecule has 0 fully saturated rings. The molecule has 0 aromatic heterocycles. The van der Waals surface area contributed by atoms with E-state index in [-0.39, 0.29) is 6.10 Å². The summed E-state index contributed by atoms with van der Waals surface area (Å²) >= 11 is 0. The Labute approximate surface area is 99.0 Å². The third-order valence-corrected chi connectivity index (χ3v) is 2.50. The average molecular weight is 221 g/mol. The summed E-state index contributed by atoms with van der Waals surface area (Å²) in [7, 11) is 0. The van der Waals surface area contributed by atoms with Crippen LogP contribution in [-0.2, 0) is 0 Å². The Balaban J connectivity index is 2.97. The van der Waals surface area contributed by atoms with Crippen molar-refractivity contribution in [2.24, 2.45) is 0 Å². The smallest absolute Gasteiger partial charge is 0.124 e. The second-order valence-electron chi connectivity index (χ2n) is 4.49. The van der Waals surface area contributed by atoms with Gasteiger partial charge in [-0.05, 0) is 40.3 Å². The lowest BCUT2D eigenvalue weighted by Gasteiger charge is -2.20. The Bertz CT molecular complexity index is 334. The minimum Gasteiger partial charge on any atom is -0.491 e. The van der Waals surface area contributed by atoms with Crippen molar-refractivity contribution in [3.63, 3.8) is 0 Å². The molecule has 1 atom stereocenters. The molecule has 1 rings (SSSR count). The first-order valence-electron chi connectivity index (χ1n) is 6.05. The van der Waals surface area contributed by atoms with Crippen molar-refractivity contribution in [2.45, 2.75) is 46.8 Å². The molecule has 1 aromatic carbocycles. The minimum absolute atomic E-state index is 0.218. The highest BCUT2D eigenvalue weighted by Gasteiger charge is 2.11. The van der Waals surface area contributed by atoms with E-state index in [2.05, 4.69) is 58.1 Å². The fourth-order valence-electron chi connectivity index (χ4n) is 1.78. The monoisotopic (exact) mass is 221 g/mol. The van der Waals surface area contributed by atoms with Crippen molar-refractivity contribution >= 4 is 0 Å².